The fourth-order valence-corrected chi connectivity index (χ4v) is 3.07. The summed E-state index contributed by atoms with van der Waals surface area (Å²) in [5, 5.41) is 10.9. The Morgan fingerprint density at radius 1 is 1.29 bits per heavy atom. The Morgan fingerprint density at radius 3 is 2.62 bits per heavy atom. The minimum Gasteiger partial charge on any atom is -0.399 e. The zero-order valence-corrected chi connectivity index (χ0v) is 12.0. The maximum Gasteiger partial charge on any atom is 0.273 e. The molecule has 0 aromatic heterocycles. The van der Waals surface area contributed by atoms with Crippen molar-refractivity contribution in [2.24, 2.45) is 0 Å². The second-order valence-electron chi connectivity index (χ2n) is 4.54. The molecule has 5 nitrogen and oxygen atoms in total. The van der Waals surface area contributed by atoms with Crippen molar-refractivity contribution in [1.29, 1.82) is 0 Å². The lowest BCUT2D eigenvalue weighted by atomic mass is 10.2. The SMILES string of the molecule is Cc1cc(S(=O)Cc2cc(F)ccc2[N+](=O)[O-])ccc1N. The monoisotopic (exact) mass is 308 g/mol. The van der Waals surface area contributed by atoms with E-state index in [1.165, 1.54) is 0 Å². The number of nitrogen functional groups attached to an aromatic ring is 1. The van der Waals surface area contributed by atoms with Crippen LogP contribution >= 0.6 is 0 Å². The molecule has 2 rings (SSSR count). The van der Waals surface area contributed by atoms with Crippen LogP contribution in [0.2, 0.25) is 0 Å². The number of hydrogen-bond acceptors (Lipinski definition) is 4. The van der Waals surface area contributed by atoms with Gasteiger partial charge in [0.25, 0.3) is 5.69 Å². The molecule has 0 aliphatic rings. The van der Waals surface area contributed by atoms with Crippen molar-refractivity contribution in [1.82, 2.24) is 0 Å². The highest BCUT2D eigenvalue weighted by molar-refractivity contribution is 7.84. The maximum atomic E-state index is 13.2. The molecule has 0 amide bonds. The molecule has 1 unspecified atom stereocenters. The molecule has 2 aromatic carbocycles. The highest BCUT2D eigenvalue weighted by Gasteiger charge is 2.17. The molecule has 0 saturated carbocycles. The van der Waals surface area contributed by atoms with Gasteiger partial charge in [-0.3, -0.25) is 14.3 Å². The lowest BCUT2D eigenvalue weighted by molar-refractivity contribution is -0.385. The first-order valence-corrected chi connectivity index (χ1v) is 7.37. The zero-order chi connectivity index (χ0) is 15.6. The van der Waals surface area contributed by atoms with Crippen molar-refractivity contribution < 1.29 is 13.5 Å². The normalized spacial score (nSPS) is 12.1. The summed E-state index contributed by atoms with van der Waals surface area (Å²) in [4.78, 5) is 10.8. The second kappa shape index (κ2) is 6.01. The van der Waals surface area contributed by atoms with Crippen molar-refractivity contribution in [3.05, 3.63) is 63.5 Å². The van der Waals surface area contributed by atoms with Crippen LogP contribution in [0.15, 0.2) is 41.3 Å². The van der Waals surface area contributed by atoms with Gasteiger partial charge in [-0.2, -0.15) is 0 Å². The van der Waals surface area contributed by atoms with Gasteiger partial charge in [0.1, 0.15) is 5.82 Å². The Hall–Kier alpha value is -2.28. The van der Waals surface area contributed by atoms with E-state index in [1.807, 2.05) is 0 Å². The molecule has 0 radical (unpaired) electrons. The quantitative estimate of drug-likeness (QED) is 0.534. The summed E-state index contributed by atoms with van der Waals surface area (Å²) in [6.07, 6.45) is 0. The van der Waals surface area contributed by atoms with Crippen LogP contribution in [0, 0.1) is 22.9 Å². The fraction of sp³-hybridized carbons (Fsp3) is 0.143. The Balaban J connectivity index is 2.33. The smallest absolute Gasteiger partial charge is 0.273 e. The predicted molar refractivity (Wildman–Crippen MR) is 78.8 cm³/mol. The van der Waals surface area contributed by atoms with Crippen molar-refractivity contribution in [2.45, 2.75) is 17.6 Å². The van der Waals surface area contributed by atoms with Crippen molar-refractivity contribution >= 4 is 22.2 Å². The third kappa shape index (κ3) is 3.43. The van der Waals surface area contributed by atoms with E-state index in [1.54, 1.807) is 25.1 Å². The topological polar surface area (TPSA) is 86.2 Å². The molecule has 2 N–H and O–H groups in total. The number of halogens is 1. The van der Waals surface area contributed by atoms with Gasteiger partial charge in [0.15, 0.2) is 0 Å². The lowest BCUT2D eigenvalue weighted by Crippen LogP contribution is -2.02. The highest BCUT2D eigenvalue weighted by Crippen LogP contribution is 2.24. The van der Waals surface area contributed by atoms with Gasteiger partial charge in [-0.05, 0) is 42.8 Å². The van der Waals surface area contributed by atoms with Gasteiger partial charge in [0, 0.05) is 22.2 Å². The molecule has 0 bridgehead atoms. The van der Waals surface area contributed by atoms with Crippen molar-refractivity contribution in [2.75, 3.05) is 5.73 Å². The third-order valence-corrected chi connectivity index (χ3v) is 4.38. The Morgan fingerprint density at radius 2 is 2.00 bits per heavy atom. The molecule has 0 spiro atoms. The summed E-state index contributed by atoms with van der Waals surface area (Å²) in [6.45, 7) is 1.78. The number of nitrogens with zero attached hydrogens (tertiary/aromatic N) is 1. The Bertz CT molecular complexity index is 734. The third-order valence-electron chi connectivity index (χ3n) is 3.03. The van der Waals surface area contributed by atoms with Crippen LogP contribution in [0.3, 0.4) is 0 Å². The fourth-order valence-electron chi connectivity index (χ4n) is 1.86. The zero-order valence-electron chi connectivity index (χ0n) is 11.2. The van der Waals surface area contributed by atoms with Crippen LogP contribution in [-0.4, -0.2) is 9.13 Å². The Kier molecular flexibility index (Phi) is 4.32. The number of nitrogens with two attached hydrogens (primary N) is 1. The number of benzene rings is 2. The van der Waals surface area contributed by atoms with E-state index < -0.39 is 21.5 Å². The van der Waals surface area contributed by atoms with Crippen molar-refractivity contribution in [3.8, 4) is 0 Å². The number of aryl methyl sites for hydroxylation is 1. The summed E-state index contributed by atoms with van der Waals surface area (Å²) >= 11 is 0. The van der Waals surface area contributed by atoms with Crippen LogP contribution in [0.25, 0.3) is 0 Å². The summed E-state index contributed by atoms with van der Waals surface area (Å²) < 4.78 is 25.5. The summed E-state index contributed by atoms with van der Waals surface area (Å²) in [6, 6.07) is 8.02. The Labute approximate surface area is 123 Å². The highest BCUT2D eigenvalue weighted by atomic mass is 32.2. The van der Waals surface area contributed by atoms with E-state index in [9.17, 15) is 18.7 Å². The molecule has 0 saturated heterocycles. The molecule has 0 fully saturated rings. The van der Waals surface area contributed by atoms with Crippen LogP contribution < -0.4 is 5.73 Å². The van der Waals surface area contributed by atoms with Gasteiger partial charge in [0.05, 0.1) is 21.5 Å². The molecule has 0 aliphatic carbocycles. The van der Waals surface area contributed by atoms with Gasteiger partial charge < -0.3 is 5.73 Å². The van der Waals surface area contributed by atoms with E-state index in [-0.39, 0.29) is 17.0 Å². The molecule has 0 heterocycles. The molecule has 7 heteroatoms. The van der Waals surface area contributed by atoms with Crippen LogP contribution in [0.4, 0.5) is 15.8 Å². The second-order valence-corrected chi connectivity index (χ2v) is 5.99. The molecular formula is C14H13FN2O3S. The molecule has 110 valence electrons. The van der Waals surface area contributed by atoms with Crippen LogP contribution in [-0.2, 0) is 16.6 Å². The van der Waals surface area contributed by atoms with E-state index in [0.29, 0.717) is 10.6 Å². The van der Waals surface area contributed by atoms with Gasteiger partial charge in [-0.25, -0.2) is 4.39 Å². The van der Waals surface area contributed by atoms with Gasteiger partial charge in [0.2, 0.25) is 0 Å². The first-order valence-electron chi connectivity index (χ1n) is 6.06. The largest absolute Gasteiger partial charge is 0.399 e. The average Bonchev–Trinajstić information content (AvgIpc) is 2.41. The van der Waals surface area contributed by atoms with E-state index in [2.05, 4.69) is 0 Å². The minimum atomic E-state index is -1.51. The van der Waals surface area contributed by atoms with E-state index >= 15 is 0 Å². The molecule has 0 aliphatic heterocycles. The number of nitro groups is 1. The number of anilines is 1. The molecule has 21 heavy (non-hydrogen) atoms. The van der Waals surface area contributed by atoms with E-state index in [0.717, 1.165) is 23.8 Å². The standard InChI is InChI=1S/C14H13FN2O3S/c1-9-6-12(3-4-13(9)16)21(20)8-10-7-11(15)2-5-14(10)17(18)19/h2-7H,8,16H2,1H3. The first-order chi connectivity index (χ1) is 9.88. The summed E-state index contributed by atoms with van der Waals surface area (Å²) in [7, 11) is -1.51. The van der Waals surface area contributed by atoms with Gasteiger partial charge in [-0.15, -0.1) is 0 Å². The number of rotatable bonds is 4. The number of hydrogen-bond donors (Lipinski definition) is 1. The van der Waals surface area contributed by atoms with Crippen molar-refractivity contribution in [3.63, 3.8) is 0 Å². The first kappa shape index (κ1) is 15.1. The molecule has 2 aromatic rings. The summed E-state index contributed by atoms with van der Waals surface area (Å²) in [5.41, 5.74) is 6.90. The predicted octanol–water partition coefficient (Wildman–Crippen LogP) is 2.93. The van der Waals surface area contributed by atoms with E-state index in [4.69, 9.17) is 5.73 Å². The van der Waals surface area contributed by atoms with Gasteiger partial charge >= 0.3 is 0 Å². The minimum absolute atomic E-state index is 0.104. The molecular weight excluding hydrogens is 295 g/mol. The van der Waals surface area contributed by atoms with Crippen LogP contribution in [0.1, 0.15) is 11.1 Å². The lowest BCUT2D eigenvalue weighted by Gasteiger charge is -2.06. The van der Waals surface area contributed by atoms with Crippen LogP contribution in [0.5, 0.6) is 0 Å². The maximum absolute atomic E-state index is 13.2. The molecule has 1 atom stereocenters. The number of nitro benzene ring substituents is 1. The van der Waals surface area contributed by atoms with Gasteiger partial charge in [-0.1, -0.05) is 0 Å². The summed E-state index contributed by atoms with van der Waals surface area (Å²) in [5.74, 6) is -0.724. The average molecular weight is 308 g/mol.